The monoisotopic (exact) mass is 477 g/mol. The van der Waals surface area contributed by atoms with Crippen LogP contribution in [0.5, 0.6) is 5.75 Å². The summed E-state index contributed by atoms with van der Waals surface area (Å²) in [6, 6.07) is 5.42. The molecular weight excluding hydrogens is 445 g/mol. The molecule has 2 atom stereocenters. The molecule has 31 heavy (non-hydrogen) atoms. The summed E-state index contributed by atoms with van der Waals surface area (Å²) in [5.41, 5.74) is 0. The van der Waals surface area contributed by atoms with Crippen molar-refractivity contribution in [3.63, 3.8) is 0 Å². The minimum Gasteiger partial charge on any atom is -0.494 e. The molecule has 0 unspecified atom stereocenters. The van der Waals surface area contributed by atoms with Gasteiger partial charge in [-0.25, -0.2) is 9.59 Å². The van der Waals surface area contributed by atoms with Gasteiger partial charge in [0.2, 0.25) is 0 Å². The van der Waals surface area contributed by atoms with E-state index in [9.17, 15) is 0 Å². The first kappa shape index (κ1) is 27.5. The molecule has 0 aromatic heterocycles. The number of aliphatic carboxylic acids is 2. The first-order valence-electron chi connectivity index (χ1n) is 10.7. The number of unbranched alkanes of at least 4 members (excludes halogenated alkanes) is 2. The molecule has 2 N–H and O–H groups in total. The molecule has 0 aliphatic carbocycles. The van der Waals surface area contributed by atoms with Crippen LogP contribution in [-0.4, -0.2) is 66.0 Å². The highest BCUT2D eigenvalue weighted by Crippen LogP contribution is 2.28. The molecule has 1 fully saturated rings. The molecule has 0 spiro atoms. The summed E-state index contributed by atoms with van der Waals surface area (Å²) in [6.07, 6.45) is 6.39. The van der Waals surface area contributed by atoms with E-state index in [0.717, 1.165) is 25.3 Å². The Hall–Kier alpha value is -1.54. The van der Waals surface area contributed by atoms with Gasteiger partial charge in [-0.1, -0.05) is 43.0 Å². The minimum atomic E-state index is -1.82. The van der Waals surface area contributed by atoms with Crippen molar-refractivity contribution in [3.8, 4) is 5.75 Å². The van der Waals surface area contributed by atoms with Gasteiger partial charge in [-0.15, -0.1) is 0 Å². The summed E-state index contributed by atoms with van der Waals surface area (Å²) in [4.78, 5) is 20.8. The average molecular weight is 478 g/mol. The van der Waals surface area contributed by atoms with Crippen LogP contribution in [0.25, 0.3) is 0 Å². The Morgan fingerprint density at radius 3 is 2.42 bits per heavy atom. The fraction of sp³-hybridized carbons (Fsp3) is 0.636. The van der Waals surface area contributed by atoms with Crippen LogP contribution in [0.2, 0.25) is 10.0 Å². The zero-order chi connectivity index (χ0) is 23.2. The van der Waals surface area contributed by atoms with Crippen molar-refractivity contribution in [1.29, 1.82) is 0 Å². The molecule has 1 aliphatic heterocycles. The van der Waals surface area contributed by atoms with Crippen molar-refractivity contribution in [2.24, 2.45) is 5.92 Å². The second-order valence-electron chi connectivity index (χ2n) is 7.37. The molecule has 1 aromatic carbocycles. The number of carbonyl (C=O) groups is 2. The van der Waals surface area contributed by atoms with Crippen LogP contribution in [0.1, 0.15) is 46.0 Å². The lowest BCUT2D eigenvalue weighted by atomic mass is 9.90. The van der Waals surface area contributed by atoms with Gasteiger partial charge < -0.3 is 24.6 Å². The second-order valence-corrected chi connectivity index (χ2v) is 8.19. The van der Waals surface area contributed by atoms with Crippen LogP contribution < -0.4 is 4.74 Å². The topological polar surface area (TPSA) is 96.3 Å². The maximum absolute atomic E-state index is 9.10. The van der Waals surface area contributed by atoms with E-state index in [1.54, 1.807) is 12.1 Å². The second kappa shape index (κ2) is 15.3. The molecule has 1 saturated heterocycles. The zero-order valence-electron chi connectivity index (χ0n) is 18.2. The molecular formula is C22H33Cl2NO6. The fourth-order valence-electron chi connectivity index (χ4n) is 3.45. The summed E-state index contributed by atoms with van der Waals surface area (Å²) >= 11 is 12.0. The predicted octanol–water partition coefficient (Wildman–Crippen LogP) is 4.84. The van der Waals surface area contributed by atoms with Crippen molar-refractivity contribution >= 4 is 35.1 Å². The number of piperidine rings is 1. The molecule has 1 heterocycles. The smallest absolute Gasteiger partial charge is 0.414 e. The Kier molecular flexibility index (Phi) is 13.6. The third-order valence-corrected chi connectivity index (χ3v) is 5.81. The molecule has 7 nitrogen and oxygen atoms in total. The molecule has 0 radical (unpaired) electrons. The molecule has 176 valence electrons. The van der Waals surface area contributed by atoms with Crippen molar-refractivity contribution in [2.45, 2.75) is 52.1 Å². The molecule has 1 aliphatic rings. The van der Waals surface area contributed by atoms with Crippen LogP contribution in [-0.2, 0) is 14.3 Å². The number of likely N-dealkylation sites (tertiary alicyclic amines) is 1. The summed E-state index contributed by atoms with van der Waals surface area (Å²) in [6.45, 7) is 9.21. The van der Waals surface area contributed by atoms with Gasteiger partial charge in [0, 0.05) is 19.2 Å². The number of benzene rings is 1. The Labute approximate surface area is 194 Å². The first-order valence-corrected chi connectivity index (χ1v) is 11.4. The molecule has 0 saturated carbocycles. The van der Waals surface area contributed by atoms with Gasteiger partial charge in [0.25, 0.3) is 0 Å². The Morgan fingerprint density at radius 2 is 1.84 bits per heavy atom. The van der Waals surface area contributed by atoms with Gasteiger partial charge in [-0.3, -0.25) is 0 Å². The van der Waals surface area contributed by atoms with E-state index >= 15 is 0 Å². The van der Waals surface area contributed by atoms with Gasteiger partial charge in [0.15, 0.2) is 0 Å². The Bertz CT molecular complexity index is 676. The molecule has 1 aromatic rings. The highest BCUT2D eigenvalue weighted by atomic mass is 35.5. The van der Waals surface area contributed by atoms with E-state index in [-0.39, 0.29) is 0 Å². The number of carboxylic acid groups (broad SMARTS) is 2. The SMILES string of the molecule is CCCCCN1CC[C@H](CCOc2ccc(Cl)c(Cl)c2)[C@@H](OCC)C1.O=C(O)C(=O)O. The number of hydrogen-bond donors (Lipinski definition) is 2. The van der Waals surface area contributed by atoms with Crippen LogP contribution in [0, 0.1) is 5.92 Å². The highest BCUT2D eigenvalue weighted by Gasteiger charge is 2.29. The van der Waals surface area contributed by atoms with E-state index in [0.29, 0.717) is 28.7 Å². The third-order valence-electron chi connectivity index (χ3n) is 5.07. The van der Waals surface area contributed by atoms with E-state index in [4.69, 9.17) is 52.5 Å². The number of hydrogen-bond acceptors (Lipinski definition) is 5. The van der Waals surface area contributed by atoms with E-state index in [1.165, 1.54) is 38.8 Å². The van der Waals surface area contributed by atoms with E-state index < -0.39 is 11.9 Å². The molecule has 9 heteroatoms. The van der Waals surface area contributed by atoms with E-state index in [2.05, 4.69) is 18.7 Å². The van der Waals surface area contributed by atoms with Crippen molar-refractivity contribution < 1.29 is 29.3 Å². The summed E-state index contributed by atoms with van der Waals surface area (Å²) < 4.78 is 11.9. The van der Waals surface area contributed by atoms with Crippen LogP contribution in [0.3, 0.4) is 0 Å². The lowest BCUT2D eigenvalue weighted by molar-refractivity contribution is -0.159. The number of rotatable bonds is 10. The molecule has 0 amide bonds. The summed E-state index contributed by atoms with van der Waals surface area (Å²) in [5, 5.41) is 15.9. The third kappa shape index (κ3) is 11.1. The first-order chi connectivity index (χ1) is 14.8. The number of nitrogens with zero attached hydrogens (tertiary/aromatic N) is 1. The lowest BCUT2D eigenvalue weighted by Gasteiger charge is -2.38. The van der Waals surface area contributed by atoms with Crippen LogP contribution in [0.15, 0.2) is 18.2 Å². The fourth-order valence-corrected chi connectivity index (χ4v) is 3.73. The van der Waals surface area contributed by atoms with Gasteiger partial charge in [0.05, 0.1) is 22.8 Å². The van der Waals surface area contributed by atoms with Gasteiger partial charge >= 0.3 is 11.9 Å². The standard InChI is InChI=1S/C20H31Cl2NO2.C2H2O4/c1-3-5-6-11-23-12-9-16(20(15-23)24-4-2)10-13-25-17-7-8-18(21)19(22)14-17;3-1(4)2(5)6/h7-8,14,16,20H,3-6,9-13,15H2,1-2H3;(H,3,4)(H,5,6)/t16-,20+;/m1./s1. The average Bonchev–Trinajstić information content (AvgIpc) is 2.73. The molecule has 2 rings (SSSR count). The Balaban J connectivity index is 0.000000703. The minimum absolute atomic E-state index is 0.317. The van der Waals surface area contributed by atoms with Gasteiger partial charge in [-0.05, 0) is 57.3 Å². The quantitative estimate of drug-likeness (QED) is 0.367. The summed E-state index contributed by atoms with van der Waals surface area (Å²) in [7, 11) is 0. The van der Waals surface area contributed by atoms with Gasteiger partial charge in [0.1, 0.15) is 5.75 Å². The van der Waals surface area contributed by atoms with Crippen molar-refractivity contribution in [2.75, 3.05) is 32.8 Å². The van der Waals surface area contributed by atoms with Crippen LogP contribution in [0.4, 0.5) is 0 Å². The van der Waals surface area contributed by atoms with Crippen LogP contribution >= 0.6 is 23.2 Å². The number of ether oxygens (including phenoxy) is 2. The normalized spacial score (nSPS) is 18.7. The Morgan fingerprint density at radius 1 is 1.13 bits per heavy atom. The van der Waals surface area contributed by atoms with Gasteiger partial charge in [-0.2, -0.15) is 0 Å². The number of carboxylic acids is 2. The largest absolute Gasteiger partial charge is 0.494 e. The summed E-state index contributed by atoms with van der Waals surface area (Å²) in [5.74, 6) is -2.31. The highest BCUT2D eigenvalue weighted by molar-refractivity contribution is 6.42. The van der Waals surface area contributed by atoms with Crippen molar-refractivity contribution in [3.05, 3.63) is 28.2 Å². The lowest BCUT2D eigenvalue weighted by Crippen LogP contribution is -2.45. The predicted molar refractivity (Wildman–Crippen MR) is 121 cm³/mol. The maximum Gasteiger partial charge on any atom is 0.414 e. The zero-order valence-corrected chi connectivity index (χ0v) is 19.7. The van der Waals surface area contributed by atoms with Crippen molar-refractivity contribution in [1.82, 2.24) is 4.90 Å². The molecule has 0 bridgehead atoms. The maximum atomic E-state index is 9.10. The van der Waals surface area contributed by atoms with E-state index in [1.807, 2.05) is 6.07 Å². The number of halogens is 2.